The lowest BCUT2D eigenvalue weighted by Gasteiger charge is -2.41. The van der Waals surface area contributed by atoms with Gasteiger partial charge in [0.05, 0.1) is 0 Å². The van der Waals surface area contributed by atoms with Gasteiger partial charge in [-0.1, -0.05) is 33.1 Å². The van der Waals surface area contributed by atoms with E-state index in [0.717, 1.165) is 19.0 Å². The van der Waals surface area contributed by atoms with E-state index in [9.17, 15) is 0 Å². The van der Waals surface area contributed by atoms with Crippen LogP contribution in [0.5, 0.6) is 0 Å². The maximum absolute atomic E-state index is 6.14. The summed E-state index contributed by atoms with van der Waals surface area (Å²) >= 11 is 0. The Morgan fingerprint density at radius 1 is 1.05 bits per heavy atom. The summed E-state index contributed by atoms with van der Waals surface area (Å²) in [5, 5.41) is 0. The maximum Gasteiger partial charge on any atom is 0.0109 e. The summed E-state index contributed by atoms with van der Waals surface area (Å²) in [6, 6.07) is 0. The Hall–Kier alpha value is -0.120. The number of likely N-dealkylation sites (N-methyl/N-ethyl adjacent to an activating group) is 1. The highest BCUT2D eigenvalue weighted by Gasteiger charge is 2.32. The lowest BCUT2D eigenvalue weighted by Crippen LogP contribution is -2.46. The SMILES string of the molecule is CC(C)CN(CCN(C)C)CC1(CN)CCCCC1. The zero-order valence-corrected chi connectivity index (χ0v) is 13.6. The minimum Gasteiger partial charge on any atom is -0.330 e. The zero-order valence-electron chi connectivity index (χ0n) is 13.6. The molecule has 1 saturated carbocycles. The molecule has 0 radical (unpaired) electrons. The molecular formula is C16H35N3. The van der Waals surface area contributed by atoms with Gasteiger partial charge >= 0.3 is 0 Å². The summed E-state index contributed by atoms with van der Waals surface area (Å²) in [4.78, 5) is 4.94. The Morgan fingerprint density at radius 2 is 1.68 bits per heavy atom. The van der Waals surface area contributed by atoms with Gasteiger partial charge in [-0.05, 0) is 44.8 Å². The van der Waals surface area contributed by atoms with Crippen LogP contribution in [0.2, 0.25) is 0 Å². The lowest BCUT2D eigenvalue weighted by atomic mass is 9.73. The molecule has 19 heavy (non-hydrogen) atoms. The lowest BCUT2D eigenvalue weighted by molar-refractivity contribution is 0.0976. The van der Waals surface area contributed by atoms with E-state index in [1.165, 1.54) is 51.7 Å². The average molecular weight is 269 g/mol. The quantitative estimate of drug-likeness (QED) is 0.734. The molecule has 0 amide bonds. The van der Waals surface area contributed by atoms with Crippen LogP contribution in [0.4, 0.5) is 0 Å². The molecule has 0 spiro atoms. The Bertz CT molecular complexity index is 232. The summed E-state index contributed by atoms with van der Waals surface area (Å²) in [5.74, 6) is 0.737. The van der Waals surface area contributed by atoms with Gasteiger partial charge in [-0.25, -0.2) is 0 Å². The van der Waals surface area contributed by atoms with E-state index in [1.54, 1.807) is 0 Å². The van der Waals surface area contributed by atoms with Gasteiger partial charge in [0.25, 0.3) is 0 Å². The molecule has 2 N–H and O–H groups in total. The standard InChI is InChI=1S/C16H35N3/c1-15(2)12-19(11-10-18(3)4)14-16(13-17)8-6-5-7-9-16/h15H,5-14,17H2,1-4H3. The molecule has 0 unspecified atom stereocenters. The van der Waals surface area contributed by atoms with E-state index < -0.39 is 0 Å². The molecule has 3 heteroatoms. The fourth-order valence-corrected chi connectivity index (χ4v) is 3.30. The van der Waals surface area contributed by atoms with Crippen molar-refractivity contribution in [1.82, 2.24) is 9.80 Å². The normalized spacial score (nSPS) is 19.6. The second-order valence-electron chi connectivity index (χ2n) is 7.20. The van der Waals surface area contributed by atoms with Gasteiger partial charge in [-0.15, -0.1) is 0 Å². The van der Waals surface area contributed by atoms with Crippen LogP contribution in [0.1, 0.15) is 46.0 Å². The summed E-state index contributed by atoms with van der Waals surface area (Å²) < 4.78 is 0. The van der Waals surface area contributed by atoms with Crippen LogP contribution >= 0.6 is 0 Å². The average Bonchev–Trinajstić information content (AvgIpc) is 2.36. The van der Waals surface area contributed by atoms with Crippen LogP contribution < -0.4 is 5.73 Å². The van der Waals surface area contributed by atoms with Crippen LogP contribution in [0.15, 0.2) is 0 Å². The summed E-state index contributed by atoms with van der Waals surface area (Å²) in [5.41, 5.74) is 6.54. The minimum atomic E-state index is 0.402. The highest BCUT2D eigenvalue weighted by molar-refractivity contribution is 4.87. The molecule has 114 valence electrons. The molecule has 0 aromatic rings. The van der Waals surface area contributed by atoms with E-state index in [-0.39, 0.29) is 0 Å². The molecule has 1 aliphatic rings. The van der Waals surface area contributed by atoms with Crippen molar-refractivity contribution in [2.24, 2.45) is 17.1 Å². The van der Waals surface area contributed by atoms with Crippen molar-refractivity contribution in [3.63, 3.8) is 0 Å². The molecule has 1 fully saturated rings. The summed E-state index contributed by atoms with van der Waals surface area (Å²) in [6.07, 6.45) is 6.82. The molecule has 0 heterocycles. The minimum absolute atomic E-state index is 0.402. The van der Waals surface area contributed by atoms with E-state index in [2.05, 4.69) is 37.7 Å². The molecule has 0 aliphatic heterocycles. The van der Waals surface area contributed by atoms with Gasteiger partial charge in [0.1, 0.15) is 0 Å². The third-order valence-electron chi connectivity index (χ3n) is 4.39. The predicted molar refractivity (Wildman–Crippen MR) is 84.4 cm³/mol. The molecular weight excluding hydrogens is 234 g/mol. The molecule has 0 atom stereocenters. The Balaban J connectivity index is 2.57. The number of nitrogens with zero attached hydrogens (tertiary/aromatic N) is 2. The first-order chi connectivity index (χ1) is 8.97. The van der Waals surface area contributed by atoms with Gasteiger partial charge in [-0.3, -0.25) is 0 Å². The van der Waals surface area contributed by atoms with Crippen molar-refractivity contribution >= 4 is 0 Å². The smallest absolute Gasteiger partial charge is 0.0109 e. The third-order valence-corrected chi connectivity index (χ3v) is 4.39. The molecule has 1 rings (SSSR count). The van der Waals surface area contributed by atoms with Crippen molar-refractivity contribution < 1.29 is 0 Å². The Morgan fingerprint density at radius 3 is 2.16 bits per heavy atom. The second kappa shape index (κ2) is 8.23. The molecule has 3 nitrogen and oxygen atoms in total. The topological polar surface area (TPSA) is 32.5 Å². The van der Waals surface area contributed by atoms with Crippen molar-refractivity contribution in [3.05, 3.63) is 0 Å². The van der Waals surface area contributed by atoms with Gasteiger partial charge in [0.2, 0.25) is 0 Å². The molecule has 0 saturated heterocycles. The first kappa shape index (κ1) is 16.9. The third kappa shape index (κ3) is 6.24. The Kier molecular flexibility index (Phi) is 7.33. The van der Waals surface area contributed by atoms with Crippen LogP contribution in [-0.2, 0) is 0 Å². The van der Waals surface area contributed by atoms with Gasteiger partial charge in [-0.2, -0.15) is 0 Å². The van der Waals surface area contributed by atoms with Crippen molar-refractivity contribution in [1.29, 1.82) is 0 Å². The second-order valence-corrected chi connectivity index (χ2v) is 7.20. The van der Waals surface area contributed by atoms with Crippen LogP contribution in [-0.4, -0.2) is 56.6 Å². The van der Waals surface area contributed by atoms with E-state index in [0.29, 0.717) is 5.41 Å². The fraction of sp³-hybridized carbons (Fsp3) is 1.00. The highest BCUT2D eigenvalue weighted by Crippen LogP contribution is 2.36. The molecule has 0 aromatic heterocycles. The van der Waals surface area contributed by atoms with E-state index >= 15 is 0 Å². The van der Waals surface area contributed by atoms with E-state index in [4.69, 9.17) is 5.73 Å². The first-order valence-corrected chi connectivity index (χ1v) is 8.04. The van der Waals surface area contributed by atoms with Crippen LogP contribution in [0, 0.1) is 11.3 Å². The van der Waals surface area contributed by atoms with Crippen molar-refractivity contribution in [2.45, 2.75) is 46.0 Å². The van der Waals surface area contributed by atoms with Crippen LogP contribution in [0.25, 0.3) is 0 Å². The largest absolute Gasteiger partial charge is 0.330 e. The monoisotopic (exact) mass is 269 g/mol. The van der Waals surface area contributed by atoms with Gasteiger partial charge in [0, 0.05) is 26.2 Å². The number of rotatable bonds is 8. The van der Waals surface area contributed by atoms with Crippen molar-refractivity contribution in [3.8, 4) is 0 Å². The summed E-state index contributed by atoms with van der Waals surface area (Å²) in [6.45, 7) is 10.2. The maximum atomic E-state index is 6.14. The van der Waals surface area contributed by atoms with Gasteiger partial charge in [0.15, 0.2) is 0 Å². The van der Waals surface area contributed by atoms with Crippen molar-refractivity contribution in [2.75, 3.05) is 46.8 Å². The summed E-state index contributed by atoms with van der Waals surface area (Å²) in [7, 11) is 4.32. The van der Waals surface area contributed by atoms with Crippen LogP contribution in [0.3, 0.4) is 0 Å². The Labute approximate surface area is 120 Å². The van der Waals surface area contributed by atoms with Gasteiger partial charge < -0.3 is 15.5 Å². The molecule has 1 aliphatic carbocycles. The fourth-order valence-electron chi connectivity index (χ4n) is 3.30. The first-order valence-electron chi connectivity index (χ1n) is 8.04. The number of hydrogen-bond acceptors (Lipinski definition) is 3. The molecule has 0 bridgehead atoms. The highest BCUT2D eigenvalue weighted by atomic mass is 15.2. The number of hydrogen-bond donors (Lipinski definition) is 1. The van der Waals surface area contributed by atoms with E-state index in [1.807, 2.05) is 0 Å². The predicted octanol–water partition coefficient (Wildman–Crippen LogP) is 2.42. The zero-order chi connectivity index (χ0) is 14.3. The number of nitrogens with two attached hydrogens (primary N) is 1. The molecule has 0 aromatic carbocycles.